The van der Waals surface area contributed by atoms with Crippen molar-refractivity contribution in [2.75, 3.05) is 47.5 Å². The smallest absolute Gasteiger partial charge is 0.310 e. The molecule has 0 rings (SSSR count). The van der Waals surface area contributed by atoms with Crippen LogP contribution in [0.4, 0.5) is 0 Å². The molecular weight excluding hydrogens is 995 g/mol. The van der Waals surface area contributed by atoms with E-state index in [1.165, 1.54) is 238 Å². The van der Waals surface area contributed by atoms with Gasteiger partial charge in [-0.2, -0.15) is 0 Å². The van der Waals surface area contributed by atoms with Crippen molar-refractivity contribution in [3.63, 3.8) is 0 Å². The summed E-state index contributed by atoms with van der Waals surface area (Å²) in [5, 5.41) is 11.8. The number of aliphatic carboxylic acids is 1. The lowest BCUT2D eigenvalue weighted by molar-refractivity contribution is -0.870. The molecule has 0 saturated carbocycles. The average Bonchev–Trinajstić information content (AvgIpc) is 3.43. The summed E-state index contributed by atoms with van der Waals surface area (Å²) in [6.45, 7) is 4.55. The number of rotatable bonds is 63. The van der Waals surface area contributed by atoms with Gasteiger partial charge >= 0.3 is 11.9 Å². The summed E-state index contributed by atoms with van der Waals surface area (Å²) in [6.07, 6.45) is 78.1. The van der Waals surface area contributed by atoms with Gasteiger partial charge in [-0.15, -0.1) is 0 Å². The highest BCUT2D eigenvalue weighted by Crippen LogP contribution is 2.19. The Morgan fingerprint density at radius 3 is 1.01 bits per heavy atom. The first-order valence-corrected chi connectivity index (χ1v) is 33.9. The van der Waals surface area contributed by atoms with Gasteiger partial charge in [0.1, 0.15) is 13.2 Å². The number of allylic oxidation sites excluding steroid dienone is 9. The van der Waals surface area contributed by atoms with Crippen LogP contribution < -0.4 is 5.11 Å². The molecule has 0 aliphatic carbocycles. The van der Waals surface area contributed by atoms with E-state index in [1.54, 1.807) is 6.08 Å². The van der Waals surface area contributed by atoms with Crippen molar-refractivity contribution in [3.8, 4) is 0 Å². The van der Waals surface area contributed by atoms with Crippen molar-refractivity contribution in [2.24, 2.45) is 0 Å². The van der Waals surface area contributed by atoms with E-state index in [-0.39, 0.29) is 38.6 Å². The number of quaternary nitrogens is 1. The minimum absolute atomic E-state index is 0.0155. The topological polar surface area (TPSA) is 111 Å². The quantitative estimate of drug-likeness (QED) is 0.0195. The number of nitrogens with zero attached hydrogens (tertiary/aromatic N) is 1. The lowest BCUT2D eigenvalue weighted by atomic mass is 10.0. The number of carbonyl (C=O) groups excluding carboxylic acids is 3. The van der Waals surface area contributed by atoms with Gasteiger partial charge in [-0.1, -0.05) is 325 Å². The lowest BCUT2D eigenvalue weighted by Crippen LogP contribution is -2.44. The minimum atomic E-state index is -1.65. The van der Waals surface area contributed by atoms with E-state index in [9.17, 15) is 19.5 Å². The average molecular weight is 1120 g/mol. The van der Waals surface area contributed by atoms with Crippen LogP contribution in [0.1, 0.15) is 316 Å². The molecule has 0 saturated heterocycles. The highest BCUT2D eigenvalue weighted by Gasteiger charge is 2.21. The standard InChI is InChI=1S/C71H129NO8/c1-6-8-10-12-14-16-18-20-22-23-24-25-26-27-28-29-30-31-32-33-34-35-36-37-38-39-40-41-42-43-44-45-46-48-49-51-53-55-57-59-61-68(73)78-65-67(66-79-71(70(75)76)77-64-63-72(3,4)5)80-69(74)62-60-58-56-54-52-50-47-21-19-17-15-13-11-9-7-2/h9,11,15,17,21,47,52,54,58,60,67,71H,6-8,10,12-14,16,18-20,22-46,48-51,53,55-57,59,61-66H2,1-5H3/b11-9-,17-15-,47-21-,54-52-,60-58-. The third-order valence-electron chi connectivity index (χ3n) is 15.1. The molecule has 0 amide bonds. The number of esters is 2. The first-order valence-electron chi connectivity index (χ1n) is 33.9. The van der Waals surface area contributed by atoms with E-state index in [1.807, 2.05) is 33.3 Å². The van der Waals surface area contributed by atoms with Crippen molar-refractivity contribution in [2.45, 2.75) is 328 Å². The van der Waals surface area contributed by atoms with Gasteiger partial charge in [0.15, 0.2) is 12.4 Å². The largest absolute Gasteiger partial charge is 0.545 e. The molecule has 0 aromatic heterocycles. The van der Waals surface area contributed by atoms with Crippen LogP contribution in [0.5, 0.6) is 0 Å². The van der Waals surface area contributed by atoms with Gasteiger partial charge in [-0.05, 0) is 38.5 Å². The minimum Gasteiger partial charge on any atom is -0.545 e. The van der Waals surface area contributed by atoms with Gasteiger partial charge in [-0.25, -0.2) is 0 Å². The van der Waals surface area contributed by atoms with Gasteiger partial charge in [-0.3, -0.25) is 9.59 Å². The maximum atomic E-state index is 12.8. The first kappa shape index (κ1) is 77.0. The van der Waals surface area contributed by atoms with Crippen LogP contribution in [0.2, 0.25) is 0 Å². The van der Waals surface area contributed by atoms with E-state index in [2.05, 4.69) is 56.4 Å². The number of unbranched alkanes of at least 4 members (excludes halogenated alkanes) is 39. The van der Waals surface area contributed by atoms with Gasteiger partial charge in [0.05, 0.1) is 46.7 Å². The predicted octanol–water partition coefficient (Wildman–Crippen LogP) is 19.4. The molecule has 0 radical (unpaired) electrons. The van der Waals surface area contributed by atoms with E-state index in [4.69, 9.17) is 18.9 Å². The molecule has 0 N–H and O–H groups in total. The van der Waals surface area contributed by atoms with E-state index >= 15 is 0 Å². The number of carboxylic acid groups (broad SMARTS) is 1. The molecule has 0 aromatic carbocycles. The Kier molecular flexibility index (Phi) is 59.7. The third kappa shape index (κ3) is 62.6. The van der Waals surface area contributed by atoms with Crippen molar-refractivity contribution >= 4 is 17.9 Å². The second-order valence-electron chi connectivity index (χ2n) is 24.1. The van der Waals surface area contributed by atoms with Crippen LogP contribution in [0, 0.1) is 0 Å². The molecule has 80 heavy (non-hydrogen) atoms. The van der Waals surface area contributed by atoms with Crippen LogP contribution in [-0.4, -0.2) is 82.3 Å². The summed E-state index contributed by atoms with van der Waals surface area (Å²) < 4.78 is 22.6. The molecule has 9 nitrogen and oxygen atoms in total. The maximum absolute atomic E-state index is 12.8. The van der Waals surface area contributed by atoms with Crippen LogP contribution in [0.15, 0.2) is 60.8 Å². The number of carboxylic acids is 1. The monoisotopic (exact) mass is 1120 g/mol. The second-order valence-corrected chi connectivity index (χ2v) is 24.1. The summed E-state index contributed by atoms with van der Waals surface area (Å²) in [4.78, 5) is 37.2. The second kappa shape index (κ2) is 62.0. The molecule has 0 aliphatic heterocycles. The Hall–Kier alpha value is -3.01. The fourth-order valence-corrected chi connectivity index (χ4v) is 9.91. The number of likely N-dealkylation sites (N-methyl/N-ethyl adjacent to an activating group) is 1. The van der Waals surface area contributed by atoms with Crippen molar-refractivity contribution in [1.82, 2.24) is 0 Å². The number of carbonyl (C=O) groups is 3. The van der Waals surface area contributed by atoms with Crippen LogP contribution in [0.3, 0.4) is 0 Å². The highest BCUT2D eigenvalue weighted by molar-refractivity contribution is 5.71. The number of hydrogen-bond donors (Lipinski definition) is 0. The van der Waals surface area contributed by atoms with E-state index in [0.717, 1.165) is 44.9 Å². The summed E-state index contributed by atoms with van der Waals surface area (Å²) in [7, 11) is 5.90. The highest BCUT2D eigenvalue weighted by atomic mass is 16.7. The zero-order valence-corrected chi connectivity index (χ0v) is 53.2. The number of hydrogen-bond acceptors (Lipinski definition) is 8. The third-order valence-corrected chi connectivity index (χ3v) is 15.1. The first-order chi connectivity index (χ1) is 39.1. The van der Waals surface area contributed by atoms with Crippen LogP contribution >= 0.6 is 0 Å². The Balaban J connectivity index is 3.93. The Morgan fingerprint density at radius 2 is 0.700 bits per heavy atom. The summed E-state index contributed by atoms with van der Waals surface area (Å²) >= 11 is 0. The molecule has 0 spiro atoms. The molecule has 2 atom stereocenters. The lowest BCUT2D eigenvalue weighted by Gasteiger charge is -2.26. The van der Waals surface area contributed by atoms with Gasteiger partial charge in [0, 0.05) is 6.42 Å². The van der Waals surface area contributed by atoms with Crippen molar-refractivity contribution in [1.29, 1.82) is 0 Å². The van der Waals surface area contributed by atoms with Crippen LogP contribution in [-0.2, 0) is 33.3 Å². The van der Waals surface area contributed by atoms with Gasteiger partial charge < -0.3 is 33.3 Å². The molecule has 2 unspecified atom stereocenters. The normalized spacial score (nSPS) is 13.1. The fourth-order valence-electron chi connectivity index (χ4n) is 9.91. The predicted molar refractivity (Wildman–Crippen MR) is 338 cm³/mol. The molecule has 0 aromatic rings. The molecular formula is C71H129NO8. The number of ether oxygens (including phenoxy) is 4. The zero-order chi connectivity index (χ0) is 58.3. The van der Waals surface area contributed by atoms with E-state index < -0.39 is 24.3 Å². The molecule has 9 heteroatoms. The Morgan fingerprint density at radius 1 is 0.388 bits per heavy atom. The van der Waals surface area contributed by atoms with Crippen molar-refractivity contribution < 1.29 is 42.9 Å². The van der Waals surface area contributed by atoms with Gasteiger partial charge in [0.2, 0.25) is 0 Å². The SMILES string of the molecule is CC/C=C\C/C=C\C/C=C\C/C=C\C/C=C\CC(=O)OC(COC(=O)CCCCCCCCCCCCCCCCCCCCCCCCCCCCCCCCCCCCCCCCCC)COC(OCC[N+](C)(C)C)C(=O)[O-]. The van der Waals surface area contributed by atoms with E-state index in [0.29, 0.717) is 17.4 Å². The summed E-state index contributed by atoms with van der Waals surface area (Å²) in [5.74, 6) is -2.44. The fraction of sp³-hybridized carbons (Fsp3) is 0.817. The summed E-state index contributed by atoms with van der Waals surface area (Å²) in [5.41, 5.74) is 0. The maximum Gasteiger partial charge on any atom is 0.310 e. The summed E-state index contributed by atoms with van der Waals surface area (Å²) in [6, 6.07) is 0. The molecule has 0 heterocycles. The molecule has 0 bridgehead atoms. The molecule has 466 valence electrons. The van der Waals surface area contributed by atoms with Crippen LogP contribution in [0.25, 0.3) is 0 Å². The zero-order valence-electron chi connectivity index (χ0n) is 53.2. The van der Waals surface area contributed by atoms with Crippen molar-refractivity contribution in [3.05, 3.63) is 60.8 Å². The van der Waals surface area contributed by atoms with Gasteiger partial charge in [0.25, 0.3) is 0 Å². The Labute approximate surface area is 495 Å². The molecule has 0 fully saturated rings. The molecule has 0 aliphatic rings. The Bertz CT molecular complexity index is 1500.